The molecule has 0 radical (unpaired) electrons. The van der Waals surface area contributed by atoms with E-state index in [4.69, 9.17) is 4.74 Å². The molecule has 5 heteroatoms. The molecule has 0 aliphatic rings. The van der Waals surface area contributed by atoms with Crippen molar-refractivity contribution >= 4 is 27.7 Å². The highest BCUT2D eigenvalue weighted by molar-refractivity contribution is 9.10. The summed E-state index contributed by atoms with van der Waals surface area (Å²) in [5.74, 6) is 0.992. The maximum absolute atomic E-state index is 12.6. The third kappa shape index (κ3) is 2.99. The number of hydrogen-bond acceptors (Lipinski definition) is 3. The molecule has 20 heavy (non-hydrogen) atoms. The van der Waals surface area contributed by atoms with E-state index in [0.29, 0.717) is 17.1 Å². The number of aromatic nitrogens is 1. The summed E-state index contributed by atoms with van der Waals surface area (Å²) in [5.41, 5.74) is 1.53. The van der Waals surface area contributed by atoms with Crippen molar-refractivity contribution in [2.45, 2.75) is 6.92 Å². The van der Waals surface area contributed by atoms with Gasteiger partial charge in [0.2, 0.25) is 0 Å². The third-order valence-electron chi connectivity index (χ3n) is 2.95. The molecule has 1 amide bonds. The lowest BCUT2D eigenvalue weighted by atomic mass is 10.1. The number of hydrogen-bond donors (Lipinski definition) is 0. The number of pyridine rings is 1. The Balaban J connectivity index is 2.35. The number of ether oxygens (including phenoxy) is 1. The van der Waals surface area contributed by atoms with E-state index in [0.717, 1.165) is 10.0 Å². The predicted octanol–water partition coefficient (Wildman–Crippen LogP) is 3.44. The minimum absolute atomic E-state index is 0.152. The molecular formula is C15H15BrN2O2. The highest BCUT2D eigenvalue weighted by Crippen LogP contribution is 2.23. The first-order valence-electron chi connectivity index (χ1n) is 6.07. The van der Waals surface area contributed by atoms with Gasteiger partial charge in [0, 0.05) is 17.7 Å². The number of anilines is 1. The van der Waals surface area contributed by atoms with Crippen LogP contribution in [-0.2, 0) is 0 Å². The number of methoxy groups -OCH3 is 1. The predicted molar refractivity (Wildman–Crippen MR) is 82.4 cm³/mol. The second kappa shape index (κ2) is 6.05. The molecule has 2 rings (SSSR count). The Morgan fingerprint density at radius 2 is 2.05 bits per heavy atom. The Bertz CT molecular complexity index is 626. The average molecular weight is 335 g/mol. The summed E-state index contributed by atoms with van der Waals surface area (Å²) < 4.78 is 6.12. The summed E-state index contributed by atoms with van der Waals surface area (Å²) in [4.78, 5) is 18.3. The standard InChI is InChI=1S/C15H15BrN2O2/c1-10-4-6-13(20-3)12(8-10)15(19)18(2)14-7-5-11(16)9-17-14/h4-9H,1-3H3. The zero-order valence-corrected chi connectivity index (χ0v) is 13.1. The van der Waals surface area contributed by atoms with E-state index in [1.54, 1.807) is 32.5 Å². The first-order chi connectivity index (χ1) is 9.52. The topological polar surface area (TPSA) is 42.4 Å². The van der Waals surface area contributed by atoms with Crippen LogP contribution >= 0.6 is 15.9 Å². The number of aryl methyl sites for hydroxylation is 1. The zero-order valence-electron chi connectivity index (χ0n) is 11.6. The molecule has 1 aromatic heterocycles. The molecule has 1 heterocycles. The quantitative estimate of drug-likeness (QED) is 0.863. The highest BCUT2D eigenvalue weighted by atomic mass is 79.9. The fraction of sp³-hybridized carbons (Fsp3) is 0.200. The van der Waals surface area contributed by atoms with E-state index >= 15 is 0 Å². The Labute approximate surface area is 126 Å². The van der Waals surface area contributed by atoms with Gasteiger partial charge in [-0.15, -0.1) is 0 Å². The maximum Gasteiger partial charge on any atom is 0.262 e. The molecule has 0 fully saturated rings. The molecule has 0 saturated carbocycles. The molecule has 104 valence electrons. The van der Waals surface area contributed by atoms with E-state index < -0.39 is 0 Å². The summed E-state index contributed by atoms with van der Waals surface area (Å²) in [5, 5.41) is 0. The summed E-state index contributed by atoms with van der Waals surface area (Å²) in [6, 6.07) is 9.15. The molecule has 0 saturated heterocycles. The van der Waals surface area contributed by atoms with E-state index in [1.807, 2.05) is 25.1 Å². The summed E-state index contributed by atoms with van der Waals surface area (Å²) >= 11 is 3.32. The maximum atomic E-state index is 12.6. The molecule has 0 aliphatic carbocycles. The minimum Gasteiger partial charge on any atom is -0.496 e. The normalized spacial score (nSPS) is 10.2. The molecule has 0 atom stereocenters. The Kier molecular flexibility index (Phi) is 4.39. The van der Waals surface area contributed by atoms with Gasteiger partial charge in [0.25, 0.3) is 5.91 Å². The molecule has 4 nitrogen and oxygen atoms in total. The van der Waals surface area contributed by atoms with Crippen LogP contribution in [0.1, 0.15) is 15.9 Å². The van der Waals surface area contributed by atoms with Gasteiger partial charge in [0.15, 0.2) is 0 Å². The van der Waals surface area contributed by atoms with Crippen LogP contribution in [0.2, 0.25) is 0 Å². The van der Waals surface area contributed by atoms with Gasteiger partial charge in [0.05, 0.1) is 12.7 Å². The summed E-state index contributed by atoms with van der Waals surface area (Å²) in [7, 11) is 3.25. The van der Waals surface area contributed by atoms with Crippen LogP contribution < -0.4 is 9.64 Å². The number of amides is 1. The Morgan fingerprint density at radius 3 is 2.65 bits per heavy atom. The number of rotatable bonds is 3. The number of nitrogens with zero attached hydrogens (tertiary/aromatic N) is 2. The van der Waals surface area contributed by atoms with Crippen molar-refractivity contribution in [3.8, 4) is 5.75 Å². The second-order valence-corrected chi connectivity index (χ2v) is 5.32. The number of halogens is 1. The number of carbonyl (C=O) groups is 1. The van der Waals surface area contributed by atoms with E-state index in [9.17, 15) is 4.79 Å². The second-order valence-electron chi connectivity index (χ2n) is 4.40. The fourth-order valence-corrected chi connectivity index (χ4v) is 2.07. The molecule has 0 bridgehead atoms. The van der Waals surface area contributed by atoms with Gasteiger partial charge < -0.3 is 4.74 Å². The van der Waals surface area contributed by atoms with Crippen LogP contribution in [0.25, 0.3) is 0 Å². The fourth-order valence-electron chi connectivity index (χ4n) is 1.84. The van der Waals surface area contributed by atoms with Gasteiger partial charge >= 0.3 is 0 Å². The van der Waals surface area contributed by atoms with Crippen LogP contribution in [0, 0.1) is 6.92 Å². The van der Waals surface area contributed by atoms with E-state index in [-0.39, 0.29) is 5.91 Å². The first kappa shape index (κ1) is 14.5. The lowest BCUT2D eigenvalue weighted by Crippen LogP contribution is -2.27. The van der Waals surface area contributed by atoms with Gasteiger partial charge in [-0.2, -0.15) is 0 Å². The SMILES string of the molecule is COc1ccc(C)cc1C(=O)N(C)c1ccc(Br)cn1. The molecule has 1 aromatic carbocycles. The Hall–Kier alpha value is -1.88. The number of carbonyl (C=O) groups excluding carboxylic acids is 1. The Morgan fingerprint density at radius 1 is 1.30 bits per heavy atom. The van der Waals surface area contributed by atoms with Crippen LogP contribution in [0.3, 0.4) is 0 Å². The van der Waals surface area contributed by atoms with Crippen LogP contribution in [0.4, 0.5) is 5.82 Å². The highest BCUT2D eigenvalue weighted by Gasteiger charge is 2.18. The molecule has 2 aromatic rings. The lowest BCUT2D eigenvalue weighted by Gasteiger charge is -2.18. The smallest absolute Gasteiger partial charge is 0.262 e. The van der Waals surface area contributed by atoms with Gasteiger partial charge in [-0.05, 0) is 47.1 Å². The average Bonchev–Trinajstić information content (AvgIpc) is 2.46. The lowest BCUT2D eigenvalue weighted by molar-refractivity contribution is 0.0989. The van der Waals surface area contributed by atoms with Crippen molar-refractivity contribution in [1.82, 2.24) is 4.98 Å². The molecule has 0 N–H and O–H groups in total. The van der Waals surface area contributed by atoms with Gasteiger partial charge in [-0.25, -0.2) is 4.98 Å². The number of benzene rings is 1. The van der Waals surface area contributed by atoms with Crippen molar-refractivity contribution in [3.63, 3.8) is 0 Å². The molecule has 0 aliphatic heterocycles. The third-order valence-corrected chi connectivity index (χ3v) is 3.41. The van der Waals surface area contributed by atoms with Crippen molar-refractivity contribution in [3.05, 3.63) is 52.1 Å². The minimum atomic E-state index is -0.152. The van der Waals surface area contributed by atoms with E-state index in [2.05, 4.69) is 20.9 Å². The van der Waals surface area contributed by atoms with Crippen molar-refractivity contribution < 1.29 is 9.53 Å². The zero-order chi connectivity index (χ0) is 14.7. The molecular weight excluding hydrogens is 320 g/mol. The van der Waals surface area contributed by atoms with Crippen molar-refractivity contribution in [2.75, 3.05) is 19.1 Å². The van der Waals surface area contributed by atoms with Gasteiger partial charge in [-0.1, -0.05) is 11.6 Å². The van der Waals surface area contributed by atoms with Gasteiger partial charge in [0.1, 0.15) is 11.6 Å². The monoisotopic (exact) mass is 334 g/mol. The summed E-state index contributed by atoms with van der Waals surface area (Å²) in [6.45, 7) is 1.94. The van der Waals surface area contributed by atoms with Crippen LogP contribution in [0.5, 0.6) is 5.75 Å². The molecule has 0 unspecified atom stereocenters. The molecule has 0 spiro atoms. The van der Waals surface area contributed by atoms with Gasteiger partial charge in [-0.3, -0.25) is 9.69 Å². The van der Waals surface area contributed by atoms with E-state index in [1.165, 1.54) is 4.90 Å². The first-order valence-corrected chi connectivity index (χ1v) is 6.86. The van der Waals surface area contributed by atoms with Crippen LogP contribution in [-0.4, -0.2) is 25.0 Å². The van der Waals surface area contributed by atoms with Crippen molar-refractivity contribution in [2.24, 2.45) is 0 Å². The van der Waals surface area contributed by atoms with Crippen molar-refractivity contribution in [1.29, 1.82) is 0 Å². The summed E-state index contributed by atoms with van der Waals surface area (Å²) in [6.07, 6.45) is 1.66. The largest absolute Gasteiger partial charge is 0.496 e. The van der Waals surface area contributed by atoms with Crippen LogP contribution in [0.15, 0.2) is 41.0 Å².